The van der Waals surface area contributed by atoms with Crippen molar-refractivity contribution in [3.63, 3.8) is 0 Å². The van der Waals surface area contributed by atoms with E-state index in [2.05, 4.69) is 38.0 Å². The smallest absolute Gasteiger partial charge is 0.406 e. The molecule has 0 saturated carbocycles. The zero-order valence-electron chi connectivity index (χ0n) is 13.5. The number of hydrogen-bond acceptors (Lipinski definition) is 5. The zero-order chi connectivity index (χ0) is 16.0. The Kier molecular flexibility index (Phi) is 3.61. The minimum atomic E-state index is -0.363. The van der Waals surface area contributed by atoms with Crippen LogP contribution in [0.5, 0.6) is 0 Å². The van der Waals surface area contributed by atoms with E-state index in [-0.39, 0.29) is 23.0 Å². The summed E-state index contributed by atoms with van der Waals surface area (Å²) in [5.74, 6) is -0.363. The van der Waals surface area contributed by atoms with Gasteiger partial charge in [0.25, 0.3) is 0 Å². The van der Waals surface area contributed by atoms with Crippen molar-refractivity contribution in [2.75, 3.05) is 6.54 Å². The van der Waals surface area contributed by atoms with E-state index in [9.17, 15) is 4.79 Å². The number of hydrogen-bond donors (Lipinski definition) is 1. The second kappa shape index (κ2) is 5.21. The van der Waals surface area contributed by atoms with Crippen LogP contribution >= 0.6 is 0 Å². The molecule has 1 aliphatic heterocycles. The first-order valence-electron chi connectivity index (χ1n) is 7.66. The van der Waals surface area contributed by atoms with Crippen LogP contribution in [-0.2, 0) is 11.3 Å². The minimum absolute atomic E-state index is 0.123. The highest BCUT2D eigenvalue weighted by Gasteiger charge is 2.45. The molecule has 3 rings (SSSR count). The van der Waals surface area contributed by atoms with Gasteiger partial charge in [-0.3, -0.25) is 4.57 Å². The number of oxazole rings is 1. The summed E-state index contributed by atoms with van der Waals surface area (Å²) in [6, 6.07) is 3.77. The quantitative estimate of drug-likeness (QED) is 0.934. The summed E-state index contributed by atoms with van der Waals surface area (Å²) in [5.41, 5.74) is 0.780. The van der Waals surface area contributed by atoms with Crippen molar-refractivity contribution in [3.8, 4) is 0 Å². The maximum atomic E-state index is 11.9. The molecule has 0 bridgehead atoms. The van der Waals surface area contributed by atoms with Crippen molar-refractivity contribution >= 4 is 11.2 Å². The summed E-state index contributed by atoms with van der Waals surface area (Å²) < 4.78 is 12.8. The van der Waals surface area contributed by atoms with Gasteiger partial charge in [0, 0.05) is 25.3 Å². The first kappa shape index (κ1) is 15.2. The first-order valence-corrected chi connectivity index (χ1v) is 7.66. The fraction of sp³-hybridized carbons (Fsp3) is 0.625. The number of ether oxygens (including phenoxy) is 1. The Hall–Kier alpha value is -1.66. The van der Waals surface area contributed by atoms with E-state index in [0.29, 0.717) is 24.3 Å². The largest absolute Gasteiger partial charge is 0.421 e. The standard InChI is InChI=1S/C16H23N3O3/c1-15(2)10-12(16(3,4)22-15)17-8-9-19-13-11(21-14(19)20)6-5-7-18-13/h5-7,12,17H,8-10H2,1-4H3/t12-/m1/s1. The molecule has 2 aromatic rings. The molecular weight excluding hydrogens is 282 g/mol. The van der Waals surface area contributed by atoms with Gasteiger partial charge in [-0.15, -0.1) is 0 Å². The molecule has 0 unspecified atom stereocenters. The lowest BCUT2D eigenvalue weighted by atomic mass is 9.94. The molecule has 1 N–H and O–H groups in total. The van der Waals surface area contributed by atoms with Crippen molar-refractivity contribution < 1.29 is 9.15 Å². The Morgan fingerprint density at radius 2 is 2.18 bits per heavy atom. The van der Waals surface area contributed by atoms with E-state index in [0.717, 1.165) is 6.42 Å². The molecule has 22 heavy (non-hydrogen) atoms. The average Bonchev–Trinajstić information content (AvgIpc) is 2.83. The fourth-order valence-electron chi connectivity index (χ4n) is 3.33. The van der Waals surface area contributed by atoms with Crippen LogP contribution in [0, 0.1) is 0 Å². The summed E-state index contributed by atoms with van der Waals surface area (Å²) in [5, 5.41) is 3.50. The Morgan fingerprint density at radius 1 is 1.41 bits per heavy atom. The lowest BCUT2D eigenvalue weighted by molar-refractivity contribution is -0.0698. The third-order valence-electron chi connectivity index (χ3n) is 4.22. The number of fused-ring (bicyclic) bond motifs is 1. The Labute approximate surface area is 129 Å². The van der Waals surface area contributed by atoms with Gasteiger partial charge in [-0.05, 0) is 46.2 Å². The van der Waals surface area contributed by atoms with Crippen LogP contribution in [-0.4, -0.2) is 33.3 Å². The van der Waals surface area contributed by atoms with Crippen molar-refractivity contribution in [2.24, 2.45) is 0 Å². The van der Waals surface area contributed by atoms with Crippen LogP contribution in [0.2, 0.25) is 0 Å². The molecule has 0 aliphatic carbocycles. The first-order chi connectivity index (χ1) is 10.3. The van der Waals surface area contributed by atoms with Crippen molar-refractivity contribution in [2.45, 2.75) is 57.9 Å². The molecular formula is C16H23N3O3. The van der Waals surface area contributed by atoms with Crippen LogP contribution < -0.4 is 11.1 Å². The molecule has 1 atom stereocenters. The lowest BCUT2D eigenvalue weighted by Crippen LogP contribution is -2.44. The van der Waals surface area contributed by atoms with Gasteiger partial charge in [-0.1, -0.05) is 0 Å². The molecule has 0 spiro atoms. The van der Waals surface area contributed by atoms with Crippen LogP contribution in [0.1, 0.15) is 34.1 Å². The van der Waals surface area contributed by atoms with E-state index in [1.807, 2.05) is 0 Å². The second-order valence-electron chi connectivity index (χ2n) is 7.02. The Morgan fingerprint density at radius 3 is 2.86 bits per heavy atom. The predicted octanol–water partition coefficient (Wildman–Crippen LogP) is 1.93. The predicted molar refractivity (Wildman–Crippen MR) is 83.9 cm³/mol. The summed E-state index contributed by atoms with van der Waals surface area (Å²) in [7, 11) is 0. The SMILES string of the molecule is CC1(C)C[C@@H](NCCn2c(=O)oc3cccnc32)C(C)(C)O1. The van der Waals surface area contributed by atoms with Gasteiger partial charge in [-0.25, -0.2) is 9.78 Å². The van der Waals surface area contributed by atoms with Crippen molar-refractivity contribution in [3.05, 3.63) is 28.9 Å². The summed E-state index contributed by atoms with van der Waals surface area (Å²) in [4.78, 5) is 16.1. The molecule has 1 saturated heterocycles. The van der Waals surface area contributed by atoms with Gasteiger partial charge in [0.2, 0.25) is 0 Å². The van der Waals surface area contributed by atoms with Crippen LogP contribution in [0.4, 0.5) is 0 Å². The van der Waals surface area contributed by atoms with Gasteiger partial charge in [0.05, 0.1) is 11.2 Å². The van der Waals surface area contributed by atoms with E-state index in [1.165, 1.54) is 0 Å². The lowest BCUT2D eigenvalue weighted by Gasteiger charge is -2.27. The monoisotopic (exact) mass is 305 g/mol. The summed E-state index contributed by atoms with van der Waals surface area (Å²) in [6.07, 6.45) is 2.61. The fourth-order valence-corrected chi connectivity index (χ4v) is 3.33. The van der Waals surface area contributed by atoms with Crippen molar-refractivity contribution in [1.29, 1.82) is 0 Å². The maximum Gasteiger partial charge on any atom is 0.421 e. The summed E-state index contributed by atoms with van der Waals surface area (Å²) in [6.45, 7) is 9.60. The molecule has 0 radical (unpaired) electrons. The van der Waals surface area contributed by atoms with E-state index >= 15 is 0 Å². The molecule has 1 aliphatic rings. The van der Waals surface area contributed by atoms with Gasteiger partial charge >= 0.3 is 5.76 Å². The van der Waals surface area contributed by atoms with Gasteiger partial charge < -0.3 is 14.5 Å². The molecule has 2 aromatic heterocycles. The molecule has 0 aromatic carbocycles. The number of rotatable bonds is 4. The molecule has 3 heterocycles. The Balaban J connectivity index is 1.68. The number of nitrogens with one attached hydrogen (secondary N) is 1. The number of aromatic nitrogens is 2. The average molecular weight is 305 g/mol. The number of pyridine rings is 1. The van der Waals surface area contributed by atoms with Gasteiger partial charge in [0.15, 0.2) is 11.2 Å². The highest BCUT2D eigenvalue weighted by Crippen LogP contribution is 2.37. The normalized spacial score (nSPS) is 23.2. The molecule has 120 valence electrons. The highest BCUT2D eigenvalue weighted by molar-refractivity contribution is 5.67. The maximum absolute atomic E-state index is 11.9. The minimum Gasteiger partial charge on any atom is -0.406 e. The van der Waals surface area contributed by atoms with Gasteiger partial charge in [-0.2, -0.15) is 0 Å². The van der Waals surface area contributed by atoms with E-state index in [1.54, 1.807) is 22.9 Å². The van der Waals surface area contributed by atoms with E-state index in [4.69, 9.17) is 9.15 Å². The van der Waals surface area contributed by atoms with Gasteiger partial charge in [0.1, 0.15) is 0 Å². The van der Waals surface area contributed by atoms with Crippen molar-refractivity contribution in [1.82, 2.24) is 14.9 Å². The summed E-state index contributed by atoms with van der Waals surface area (Å²) >= 11 is 0. The van der Waals surface area contributed by atoms with E-state index < -0.39 is 0 Å². The van der Waals surface area contributed by atoms with Crippen LogP contribution in [0.3, 0.4) is 0 Å². The molecule has 6 nitrogen and oxygen atoms in total. The Bertz CT molecular complexity index is 730. The highest BCUT2D eigenvalue weighted by atomic mass is 16.5. The molecule has 1 fully saturated rings. The molecule has 6 heteroatoms. The third kappa shape index (κ3) is 2.80. The molecule has 0 amide bonds. The zero-order valence-corrected chi connectivity index (χ0v) is 13.5. The third-order valence-corrected chi connectivity index (χ3v) is 4.22. The topological polar surface area (TPSA) is 69.3 Å². The van der Waals surface area contributed by atoms with Crippen LogP contribution in [0.15, 0.2) is 27.5 Å². The van der Waals surface area contributed by atoms with Crippen LogP contribution in [0.25, 0.3) is 11.2 Å². The number of nitrogens with zero attached hydrogens (tertiary/aromatic N) is 2. The second-order valence-corrected chi connectivity index (χ2v) is 7.02.